The highest BCUT2D eigenvalue weighted by atomic mass is 16.5. The highest BCUT2D eigenvalue weighted by Gasteiger charge is 2.42. The molecule has 2 bridgehead atoms. The van der Waals surface area contributed by atoms with Gasteiger partial charge in [-0.25, -0.2) is 0 Å². The van der Waals surface area contributed by atoms with E-state index in [0.29, 0.717) is 24.3 Å². The molecule has 0 aromatic rings. The lowest BCUT2D eigenvalue weighted by Crippen LogP contribution is -2.50. The Morgan fingerprint density at radius 2 is 1.87 bits per heavy atom. The molecule has 5 unspecified atom stereocenters. The first-order chi connectivity index (χ1) is 7.33. The summed E-state index contributed by atoms with van der Waals surface area (Å²) in [6.45, 7) is 0. The van der Waals surface area contributed by atoms with Crippen molar-refractivity contribution in [3.8, 4) is 0 Å². The highest BCUT2D eigenvalue weighted by molar-refractivity contribution is 4.96. The molecule has 3 rings (SSSR count). The molecular weight excluding hydrogens is 190 g/mol. The zero-order chi connectivity index (χ0) is 10.3. The monoisotopic (exact) mass is 211 g/mol. The average Bonchev–Trinajstić information content (AvgIpc) is 2.83. The van der Waals surface area contributed by atoms with E-state index in [1.54, 1.807) is 0 Å². The van der Waals surface area contributed by atoms with E-state index in [0.717, 1.165) is 19.3 Å². The summed E-state index contributed by atoms with van der Waals surface area (Å²) >= 11 is 0. The molecule has 1 aliphatic carbocycles. The first-order valence-electron chi connectivity index (χ1n) is 6.42. The van der Waals surface area contributed by atoms with Crippen LogP contribution in [0.3, 0.4) is 0 Å². The van der Waals surface area contributed by atoms with Crippen LogP contribution in [-0.2, 0) is 4.74 Å². The Bertz CT molecular complexity index is 234. The van der Waals surface area contributed by atoms with Crippen molar-refractivity contribution in [1.82, 2.24) is 5.32 Å². The SMILES string of the molecule is OC1CCCCC1NC1CC2CCC1O2. The Morgan fingerprint density at radius 1 is 1.00 bits per heavy atom. The van der Waals surface area contributed by atoms with Crippen LogP contribution >= 0.6 is 0 Å². The lowest BCUT2D eigenvalue weighted by molar-refractivity contribution is 0.0680. The van der Waals surface area contributed by atoms with Crippen LogP contribution in [0.2, 0.25) is 0 Å². The molecule has 2 saturated heterocycles. The topological polar surface area (TPSA) is 41.5 Å². The Labute approximate surface area is 91.2 Å². The maximum Gasteiger partial charge on any atom is 0.0733 e. The van der Waals surface area contributed by atoms with Gasteiger partial charge in [0.2, 0.25) is 0 Å². The van der Waals surface area contributed by atoms with Gasteiger partial charge in [0.15, 0.2) is 0 Å². The molecule has 2 aliphatic heterocycles. The predicted molar refractivity (Wildman–Crippen MR) is 57.7 cm³/mol. The second-order valence-corrected chi connectivity index (χ2v) is 5.34. The molecule has 15 heavy (non-hydrogen) atoms. The van der Waals surface area contributed by atoms with Gasteiger partial charge in [-0.2, -0.15) is 0 Å². The van der Waals surface area contributed by atoms with Crippen molar-refractivity contribution in [3.05, 3.63) is 0 Å². The molecule has 0 amide bonds. The van der Waals surface area contributed by atoms with Crippen LogP contribution in [0.5, 0.6) is 0 Å². The second kappa shape index (κ2) is 4.04. The van der Waals surface area contributed by atoms with Crippen molar-refractivity contribution in [1.29, 1.82) is 0 Å². The van der Waals surface area contributed by atoms with E-state index in [2.05, 4.69) is 5.32 Å². The number of hydrogen-bond acceptors (Lipinski definition) is 3. The van der Waals surface area contributed by atoms with Crippen molar-refractivity contribution in [2.45, 2.75) is 75.3 Å². The molecule has 3 aliphatic rings. The quantitative estimate of drug-likeness (QED) is 0.721. The van der Waals surface area contributed by atoms with E-state index >= 15 is 0 Å². The number of fused-ring (bicyclic) bond motifs is 2. The molecule has 0 aromatic heterocycles. The standard InChI is InChI=1S/C12H21NO2/c14-11-4-2-1-3-9(11)13-10-7-8-5-6-12(10)15-8/h8-14H,1-7H2. The Hall–Kier alpha value is -0.120. The van der Waals surface area contributed by atoms with Crippen LogP contribution in [0.15, 0.2) is 0 Å². The fourth-order valence-electron chi connectivity index (χ4n) is 3.39. The summed E-state index contributed by atoms with van der Waals surface area (Å²) < 4.78 is 5.82. The molecule has 2 N–H and O–H groups in total. The van der Waals surface area contributed by atoms with Crippen LogP contribution in [0, 0.1) is 0 Å². The smallest absolute Gasteiger partial charge is 0.0733 e. The third-order valence-electron chi connectivity index (χ3n) is 4.26. The lowest BCUT2D eigenvalue weighted by atomic mass is 9.89. The van der Waals surface area contributed by atoms with Gasteiger partial charge in [-0.05, 0) is 32.1 Å². The summed E-state index contributed by atoms with van der Waals surface area (Å²) in [5.41, 5.74) is 0. The number of ether oxygens (including phenoxy) is 1. The Balaban J connectivity index is 1.56. The zero-order valence-corrected chi connectivity index (χ0v) is 9.19. The maximum absolute atomic E-state index is 9.90. The summed E-state index contributed by atoms with van der Waals surface area (Å²) in [5.74, 6) is 0. The van der Waals surface area contributed by atoms with Gasteiger partial charge in [-0.1, -0.05) is 12.8 Å². The minimum atomic E-state index is -0.127. The van der Waals surface area contributed by atoms with Crippen molar-refractivity contribution < 1.29 is 9.84 Å². The predicted octanol–water partition coefficient (Wildman–Crippen LogP) is 1.20. The molecule has 0 aromatic carbocycles. The van der Waals surface area contributed by atoms with Crippen LogP contribution in [-0.4, -0.2) is 35.5 Å². The molecule has 0 spiro atoms. The Morgan fingerprint density at radius 3 is 2.53 bits per heavy atom. The fraction of sp³-hybridized carbons (Fsp3) is 1.00. The largest absolute Gasteiger partial charge is 0.392 e. The van der Waals surface area contributed by atoms with Crippen molar-refractivity contribution in [2.24, 2.45) is 0 Å². The van der Waals surface area contributed by atoms with Gasteiger partial charge >= 0.3 is 0 Å². The molecule has 3 fully saturated rings. The molecule has 3 nitrogen and oxygen atoms in total. The van der Waals surface area contributed by atoms with E-state index in [4.69, 9.17) is 4.74 Å². The minimum Gasteiger partial charge on any atom is -0.392 e. The second-order valence-electron chi connectivity index (χ2n) is 5.34. The molecule has 2 heterocycles. The number of hydrogen-bond donors (Lipinski definition) is 2. The minimum absolute atomic E-state index is 0.127. The van der Waals surface area contributed by atoms with E-state index in [1.165, 1.54) is 25.7 Å². The number of rotatable bonds is 2. The maximum atomic E-state index is 9.90. The van der Waals surface area contributed by atoms with Crippen molar-refractivity contribution in [2.75, 3.05) is 0 Å². The summed E-state index contributed by atoms with van der Waals surface area (Å²) in [5, 5.41) is 13.5. The van der Waals surface area contributed by atoms with E-state index in [-0.39, 0.29) is 6.10 Å². The number of nitrogens with one attached hydrogen (secondary N) is 1. The van der Waals surface area contributed by atoms with E-state index in [9.17, 15) is 5.11 Å². The van der Waals surface area contributed by atoms with Crippen LogP contribution < -0.4 is 5.32 Å². The average molecular weight is 211 g/mol. The molecular formula is C12H21NO2. The normalized spacial score (nSPS) is 49.8. The molecule has 86 valence electrons. The molecule has 5 atom stereocenters. The third-order valence-corrected chi connectivity index (χ3v) is 4.26. The van der Waals surface area contributed by atoms with Crippen molar-refractivity contribution >= 4 is 0 Å². The first kappa shape index (κ1) is 10.1. The number of aliphatic hydroxyl groups is 1. The van der Waals surface area contributed by atoms with Gasteiger partial charge < -0.3 is 15.2 Å². The van der Waals surface area contributed by atoms with Crippen LogP contribution in [0.1, 0.15) is 44.9 Å². The zero-order valence-electron chi connectivity index (χ0n) is 9.19. The molecule has 0 radical (unpaired) electrons. The summed E-state index contributed by atoms with van der Waals surface area (Å²) in [6.07, 6.45) is 8.99. The van der Waals surface area contributed by atoms with Crippen molar-refractivity contribution in [3.63, 3.8) is 0 Å². The van der Waals surface area contributed by atoms with Gasteiger partial charge in [0.25, 0.3) is 0 Å². The summed E-state index contributed by atoms with van der Waals surface area (Å²) in [4.78, 5) is 0. The van der Waals surface area contributed by atoms with E-state index in [1.807, 2.05) is 0 Å². The highest BCUT2D eigenvalue weighted by Crippen LogP contribution is 2.35. The van der Waals surface area contributed by atoms with Gasteiger partial charge in [0, 0.05) is 12.1 Å². The number of aliphatic hydroxyl groups excluding tert-OH is 1. The van der Waals surface area contributed by atoms with Crippen LogP contribution in [0.4, 0.5) is 0 Å². The van der Waals surface area contributed by atoms with Gasteiger partial charge in [0.1, 0.15) is 0 Å². The van der Waals surface area contributed by atoms with E-state index < -0.39 is 0 Å². The van der Waals surface area contributed by atoms with Gasteiger partial charge in [-0.15, -0.1) is 0 Å². The van der Waals surface area contributed by atoms with Gasteiger partial charge in [-0.3, -0.25) is 0 Å². The lowest BCUT2D eigenvalue weighted by Gasteiger charge is -2.33. The van der Waals surface area contributed by atoms with Crippen LogP contribution in [0.25, 0.3) is 0 Å². The first-order valence-corrected chi connectivity index (χ1v) is 6.42. The fourth-order valence-corrected chi connectivity index (χ4v) is 3.39. The molecule has 3 heteroatoms. The molecule has 1 saturated carbocycles. The summed E-state index contributed by atoms with van der Waals surface area (Å²) in [7, 11) is 0. The third kappa shape index (κ3) is 1.93. The Kier molecular flexibility index (Phi) is 2.71. The summed E-state index contributed by atoms with van der Waals surface area (Å²) in [6, 6.07) is 0.841. The van der Waals surface area contributed by atoms with Gasteiger partial charge in [0.05, 0.1) is 18.3 Å².